The van der Waals surface area contributed by atoms with Gasteiger partial charge in [0.2, 0.25) is 0 Å². The van der Waals surface area contributed by atoms with E-state index in [0.717, 1.165) is 12.2 Å². The van der Waals surface area contributed by atoms with Gasteiger partial charge in [-0.25, -0.2) is 4.57 Å². The highest BCUT2D eigenvalue weighted by molar-refractivity contribution is 7.22. The molecule has 1 aliphatic heterocycles. The minimum absolute atomic E-state index is 0.927. The standard InChI is InChI=1S/C14H9N4S/c1-2-12-13(16-4-1)18-8-11-10-6-15-5-3-9(10)7-17(11)14(18)19-12/h1-6,8H,7H2/q+1. The molecular weight excluding hydrogens is 256 g/mol. The van der Waals surface area contributed by atoms with Gasteiger partial charge in [-0.15, -0.1) is 4.98 Å². The normalized spacial score (nSPS) is 13.1. The van der Waals surface area contributed by atoms with E-state index >= 15 is 0 Å². The molecule has 90 valence electrons. The number of imidazole rings is 1. The smallest absolute Gasteiger partial charge is 0.264 e. The zero-order chi connectivity index (χ0) is 12.4. The molecule has 0 bridgehead atoms. The Morgan fingerprint density at radius 3 is 3.26 bits per heavy atom. The highest BCUT2D eigenvalue weighted by atomic mass is 32.1. The van der Waals surface area contributed by atoms with Crippen LogP contribution < -0.4 is 4.40 Å². The molecular formula is C14H9N4S+. The Morgan fingerprint density at radius 2 is 2.26 bits per heavy atom. The van der Waals surface area contributed by atoms with Crippen LogP contribution in [0, 0.1) is 0 Å². The van der Waals surface area contributed by atoms with E-state index in [1.165, 1.54) is 26.5 Å². The van der Waals surface area contributed by atoms with Gasteiger partial charge < -0.3 is 0 Å². The minimum Gasteiger partial charge on any atom is -0.264 e. The second kappa shape index (κ2) is 3.19. The summed E-state index contributed by atoms with van der Waals surface area (Å²) in [6.07, 6.45) is 7.84. The summed E-state index contributed by atoms with van der Waals surface area (Å²) < 4.78 is 5.76. The molecule has 5 heterocycles. The molecule has 5 heteroatoms. The van der Waals surface area contributed by atoms with Gasteiger partial charge in [-0.3, -0.25) is 4.98 Å². The van der Waals surface area contributed by atoms with Crippen LogP contribution in [0.25, 0.3) is 26.6 Å². The van der Waals surface area contributed by atoms with Crippen molar-refractivity contribution in [3.8, 4) is 11.3 Å². The molecule has 0 atom stereocenters. The fourth-order valence-corrected chi connectivity index (χ4v) is 3.90. The number of aromatic nitrogens is 4. The third kappa shape index (κ3) is 1.11. The molecule has 19 heavy (non-hydrogen) atoms. The lowest BCUT2D eigenvalue weighted by Crippen LogP contribution is -2.17. The third-order valence-corrected chi connectivity index (χ3v) is 4.81. The number of rotatable bonds is 0. The Hall–Kier alpha value is -2.27. The average molecular weight is 265 g/mol. The Morgan fingerprint density at radius 1 is 1.26 bits per heavy atom. The lowest BCUT2D eigenvalue weighted by Gasteiger charge is -1.92. The van der Waals surface area contributed by atoms with Gasteiger partial charge in [-0.2, -0.15) is 4.40 Å². The van der Waals surface area contributed by atoms with Crippen LogP contribution in [0.5, 0.6) is 0 Å². The second-order valence-electron chi connectivity index (χ2n) is 4.71. The van der Waals surface area contributed by atoms with Crippen LogP contribution in [0.4, 0.5) is 0 Å². The second-order valence-corrected chi connectivity index (χ2v) is 5.72. The number of fused-ring (bicyclic) bond motifs is 7. The van der Waals surface area contributed by atoms with E-state index in [2.05, 4.69) is 37.3 Å². The van der Waals surface area contributed by atoms with Crippen molar-refractivity contribution >= 4 is 26.6 Å². The van der Waals surface area contributed by atoms with E-state index in [4.69, 9.17) is 0 Å². The number of hydrogen-bond donors (Lipinski definition) is 0. The maximum atomic E-state index is 4.48. The van der Waals surface area contributed by atoms with E-state index in [1.807, 2.05) is 24.7 Å². The first kappa shape index (κ1) is 9.63. The summed E-state index contributed by atoms with van der Waals surface area (Å²) in [5.74, 6) is 0. The van der Waals surface area contributed by atoms with Crippen molar-refractivity contribution in [1.82, 2.24) is 14.5 Å². The maximum Gasteiger partial charge on any atom is 0.293 e. The van der Waals surface area contributed by atoms with Gasteiger partial charge >= 0.3 is 0 Å². The quantitative estimate of drug-likeness (QED) is 0.403. The van der Waals surface area contributed by atoms with Gasteiger partial charge in [0, 0.05) is 23.5 Å². The van der Waals surface area contributed by atoms with Crippen molar-refractivity contribution in [2.24, 2.45) is 0 Å². The van der Waals surface area contributed by atoms with Gasteiger partial charge in [-0.05, 0) is 18.2 Å². The van der Waals surface area contributed by atoms with Gasteiger partial charge in [0.05, 0.1) is 6.54 Å². The lowest BCUT2D eigenvalue weighted by molar-refractivity contribution is -0.478. The molecule has 0 saturated carbocycles. The first-order valence-electron chi connectivity index (χ1n) is 6.13. The predicted octanol–water partition coefficient (Wildman–Crippen LogP) is 2.26. The van der Waals surface area contributed by atoms with E-state index in [9.17, 15) is 0 Å². The van der Waals surface area contributed by atoms with Crippen LogP contribution in [0.15, 0.2) is 43.0 Å². The molecule has 4 aromatic heterocycles. The number of thiazole rings is 1. The van der Waals surface area contributed by atoms with Crippen LogP contribution >= 0.6 is 11.3 Å². The monoisotopic (exact) mass is 265 g/mol. The minimum atomic E-state index is 0.927. The van der Waals surface area contributed by atoms with Crippen molar-refractivity contribution in [1.29, 1.82) is 0 Å². The van der Waals surface area contributed by atoms with Gasteiger partial charge in [0.25, 0.3) is 10.6 Å². The molecule has 0 aliphatic carbocycles. The maximum absolute atomic E-state index is 4.48. The zero-order valence-electron chi connectivity index (χ0n) is 9.95. The van der Waals surface area contributed by atoms with E-state index < -0.39 is 0 Å². The summed E-state index contributed by atoms with van der Waals surface area (Å²) in [7, 11) is 0. The van der Waals surface area contributed by atoms with E-state index in [-0.39, 0.29) is 0 Å². The molecule has 4 aromatic rings. The molecule has 0 unspecified atom stereocenters. The van der Waals surface area contributed by atoms with E-state index in [0.29, 0.717) is 0 Å². The van der Waals surface area contributed by atoms with Crippen LogP contribution in [-0.4, -0.2) is 14.5 Å². The summed E-state index contributed by atoms with van der Waals surface area (Å²) in [6.45, 7) is 0.927. The van der Waals surface area contributed by atoms with Crippen molar-refractivity contribution in [3.63, 3.8) is 0 Å². The molecule has 0 saturated heterocycles. The summed E-state index contributed by atoms with van der Waals surface area (Å²) in [4.78, 5) is 9.96. The molecule has 0 fully saturated rings. The van der Waals surface area contributed by atoms with Crippen molar-refractivity contribution in [2.75, 3.05) is 0 Å². The topological polar surface area (TPSA) is 34.8 Å². The Bertz CT molecular complexity index is 951. The first-order chi connectivity index (χ1) is 9.42. The Balaban J connectivity index is 1.93. The number of hydrogen-bond acceptors (Lipinski definition) is 3. The molecule has 0 spiro atoms. The third-order valence-electron chi connectivity index (χ3n) is 3.68. The summed E-state index contributed by atoms with van der Waals surface area (Å²) in [5, 5.41) is 0. The van der Waals surface area contributed by atoms with Gasteiger partial charge in [0.1, 0.15) is 22.8 Å². The SMILES string of the molecule is c1cnc2c(c1)sc1n3c(c[n+]21)-c1cnccc1C3. The molecule has 4 nitrogen and oxygen atoms in total. The zero-order valence-corrected chi connectivity index (χ0v) is 10.8. The molecule has 0 N–H and O–H groups in total. The molecule has 5 rings (SSSR count). The Labute approximate surface area is 112 Å². The van der Waals surface area contributed by atoms with Crippen LogP contribution in [0.2, 0.25) is 0 Å². The number of pyridine rings is 2. The van der Waals surface area contributed by atoms with Gasteiger partial charge in [0.15, 0.2) is 0 Å². The van der Waals surface area contributed by atoms with Crippen LogP contribution in [0.1, 0.15) is 5.56 Å². The van der Waals surface area contributed by atoms with Crippen molar-refractivity contribution in [3.05, 3.63) is 48.5 Å². The summed E-state index contributed by atoms with van der Waals surface area (Å²) in [5.41, 5.74) is 4.86. The van der Waals surface area contributed by atoms with Crippen LogP contribution in [0.3, 0.4) is 0 Å². The molecule has 1 aliphatic rings. The fourth-order valence-electron chi connectivity index (χ4n) is 2.81. The van der Waals surface area contributed by atoms with E-state index in [1.54, 1.807) is 11.3 Å². The molecule has 0 amide bonds. The highest BCUT2D eigenvalue weighted by Gasteiger charge is 2.28. The van der Waals surface area contributed by atoms with Gasteiger partial charge in [-0.1, -0.05) is 11.3 Å². The fraction of sp³-hybridized carbons (Fsp3) is 0.0714. The predicted molar refractivity (Wildman–Crippen MR) is 73.1 cm³/mol. The first-order valence-corrected chi connectivity index (χ1v) is 6.95. The van der Waals surface area contributed by atoms with Crippen molar-refractivity contribution < 1.29 is 4.40 Å². The summed E-state index contributed by atoms with van der Waals surface area (Å²) in [6, 6.07) is 6.21. The summed E-state index contributed by atoms with van der Waals surface area (Å²) >= 11 is 1.79. The van der Waals surface area contributed by atoms with Crippen molar-refractivity contribution in [2.45, 2.75) is 6.54 Å². The Kier molecular flexibility index (Phi) is 1.62. The average Bonchev–Trinajstić information content (AvgIpc) is 3.07. The molecule has 0 radical (unpaired) electrons. The largest absolute Gasteiger partial charge is 0.293 e. The van der Waals surface area contributed by atoms with Crippen LogP contribution in [-0.2, 0) is 6.54 Å². The molecule has 0 aromatic carbocycles. The lowest BCUT2D eigenvalue weighted by atomic mass is 10.1. The number of nitrogens with zero attached hydrogens (tertiary/aromatic N) is 4. The highest BCUT2D eigenvalue weighted by Crippen LogP contribution is 2.34.